The number of carbonyl (C=O) groups excluding carboxylic acids is 1. The lowest BCUT2D eigenvalue weighted by atomic mass is 10.0. The lowest BCUT2D eigenvalue weighted by Crippen LogP contribution is -2.27. The first kappa shape index (κ1) is 16.9. The molecule has 2 rings (SSSR count). The number of aryl methyl sites for hydroxylation is 1. The van der Waals surface area contributed by atoms with E-state index in [9.17, 15) is 13.6 Å². The van der Waals surface area contributed by atoms with Gasteiger partial charge in [-0.2, -0.15) is 8.78 Å². The predicted molar refractivity (Wildman–Crippen MR) is 84.9 cm³/mol. The van der Waals surface area contributed by atoms with E-state index in [2.05, 4.69) is 10.1 Å². The lowest BCUT2D eigenvalue weighted by molar-refractivity contribution is -0.0499. The van der Waals surface area contributed by atoms with Crippen LogP contribution in [0.15, 0.2) is 42.5 Å². The average molecular weight is 319 g/mol. The van der Waals surface area contributed by atoms with Crippen LogP contribution in [0.2, 0.25) is 0 Å². The highest BCUT2D eigenvalue weighted by molar-refractivity contribution is 5.96. The molecule has 122 valence electrons. The van der Waals surface area contributed by atoms with Gasteiger partial charge in [0.2, 0.25) is 0 Å². The number of rotatable bonds is 5. The molecule has 1 amide bonds. The van der Waals surface area contributed by atoms with Gasteiger partial charge in [0.1, 0.15) is 5.75 Å². The van der Waals surface area contributed by atoms with Crippen LogP contribution in [0.1, 0.15) is 40.0 Å². The van der Waals surface area contributed by atoms with Gasteiger partial charge in [0, 0.05) is 5.56 Å². The number of benzene rings is 2. The minimum atomic E-state index is -2.87. The maximum absolute atomic E-state index is 12.4. The fourth-order valence-electron chi connectivity index (χ4n) is 2.31. The zero-order valence-electron chi connectivity index (χ0n) is 13.3. The van der Waals surface area contributed by atoms with Crippen molar-refractivity contribution in [2.75, 3.05) is 0 Å². The summed E-state index contributed by atoms with van der Waals surface area (Å²) in [6, 6.07) is 11.5. The minimum absolute atomic E-state index is 0.0744. The van der Waals surface area contributed by atoms with Crippen LogP contribution in [0.3, 0.4) is 0 Å². The standard InChI is InChI=1S/C18H19F2NO2/c1-11-6-4-9-16(12(11)2)17(22)21-13(3)14-7-5-8-15(10-14)23-18(19)20/h4-10,13,18H,1-3H3,(H,21,22)/t13-/m0/s1. The van der Waals surface area contributed by atoms with Gasteiger partial charge in [0.15, 0.2) is 0 Å². The molecule has 0 aliphatic rings. The van der Waals surface area contributed by atoms with E-state index in [4.69, 9.17) is 0 Å². The van der Waals surface area contributed by atoms with Gasteiger partial charge in [0.25, 0.3) is 5.91 Å². The van der Waals surface area contributed by atoms with E-state index in [1.165, 1.54) is 12.1 Å². The van der Waals surface area contributed by atoms with Crippen LogP contribution >= 0.6 is 0 Å². The molecule has 1 N–H and O–H groups in total. The third kappa shape index (κ3) is 4.28. The van der Waals surface area contributed by atoms with Gasteiger partial charge >= 0.3 is 6.61 Å². The Balaban J connectivity index is 2.14. The second kappa shape index (κ2) is 7.22. The summed E-state index contributed by atoms with van der Waals surface area (Å²) in [4.78, 5) is 12.4. The summed E-state index contributed by atoms with van der Waals surface area (Å²) in [7, 11) is 0. The number of halogens is 2. The number of ether oxygens (including phenoxy) is 1. The molecule has 0 unspecified atom stereocenters. The largest absolute Gasteiger partial charge is 0.435 e. The van der Waals surface area contributed by atoms with Crippen LogP contribution in [0, 0.1) is 13.8 Å². The Morgan fingerprint density at radius 2 is 1.83 bits per heavy atom. The van der Waals surface area contributed by atoms with E-state index in [1.807, 2.05) is 26.0 Å². The quantitative estimate of drug-likeness (QED) is 0.887. The van der Waals surface area contributed by atoms with Crippen LogP contribution in [-0.4, -0.2) is 12.5 Å². The highest BCUT2D eigenvalue weighted by Crippen LogP contribution is 2.21. The van der Waals surface area contributed by atoms with E-state index in [0.717, 1.165) is 11.1 Å². The van der Waals surface area contributed by atoms with Gasteiger partial charge in [-0.05, 0) is 55.7 Å². The second-order valence-corrected chi connectivity index (χ2v) is 5.39. The van der Waals surface area contributed by atoms with Crippen LogP contribution in [-0.2, 0) is 0 Å². The molecule has 2 aromatic carbocycles. The molecule has 1 atom stereocenters. The molecule has 0 spiro atoms. The zero-order valence-corrected chi connectivity index (χ0v) is 13.3. The van der Waals surface area contributed by atoms with Gasteiger partial charge in [-0.15, -0.1) is 0 Å². The molecule has 23 heavy (non-hydrogen) atoms. The van der Waals surface area contributed by atoms with Crippen molar-refractivity contribution in [3.63, 3.8) is 0 Å². The van der Waals surface area contributed by atoms with Crippen molar-refractivity contribution >= 4 is 5.91 Å². The van der Waals surface area contributed by atoms with E-state index < -0.39 is 6.61 Å². The minimum Gasteiger partial charge on any atom is -0.435 e. The van der Waals surface area contributed by atoms with Crippen LogP contribution in [0.5, 0.6) is 5.75 Å². The molecular formula is C18H19F2NO2. The summed E-state index contributed by atoms with van der Waals surface area (Å²) in [5.41, 5.74) is 3.27. The van der Waals surface area contributed by atoms with E-state index in [0.29, 0.717) is 11.1 Å². The van der Waals surface area contributed by atoms with Gasteiger partial charge in [-0.25, -0.2) is 0 Å². The average Bonchev–Trinajstić information content (AvgIpc) is 2.49. The molecule has 0 saturated carbocycles. The Kier molecular flexibility index (Phi) is 5.32. The van der Waals surface area contributed by atoms with Gasteiger partial charge in [-0.3, -0.25) is 4.79 Å². The Morgan fingerprint density at radius 1 is 1.13 bits per heavy atom. The molecule has 0 saturated heterocycles. The fourth-order valence-corrected chi connectivity index (χ4v) is 2.31. The first-order valence-electron chi connectivity index (χ1n) is 7.30. The number of hydrogen-bond donors (Lipinski definition) is 1. The number of hydrogen-bond acceptors (Lipinski definition) is 2. The van der Waals surface area contributed by atoms with Crippen LogP contribution in [0.4, 0.5) is 8.78 Å². The summed E-state index contributed by atoms with van der Waals surface area (Å²) >= 11 is 0. The van der Waals surface area contributed by atoms with Gasteiger partial charge in [-0.1, -0.05) is 24.3 Å². The Hall–Kier alpha value is -2.43. The molecule has 0 radical (unpaired) electrons. The summed E-state index contributed by atoms with van der Waals surface area (Å²) in [6.45, 7) is 2.77. The molecule has 0 bridgehead atoms. The topological polar surface area (TPSA) is 38.3 Å². The highest BCUT2D eigenvalue weighted by Gasteiger charge is 2.15. The first-order valence-corrected chi connectivity index (χ1v) is 7.30. The third-order valence-electron chi connectivity index (χ3n) is 3.78. The number of alkyl halides is 2. The van der Waals surface area contributed by atoms with Crippen molar-refractivity contribution in [3.05, 3.63) is 64.7 Å². The lowest BCUT2D eigenvalue weighted by Gasteiger charge is -2.17. The summed E-state index contributed by atoms with van der Waals surface area (Å²) < 4.78 is 28.9. The maximum Gasteiger partial charge on any atom is 0.387 e. The zero-order chi connectivity index (χ0) is 17.0. The number of nitrogens with one attached hydrogen (secondary N) is 1. The summed E-state index contributed by atoms with van der Waals surface area (Å²) in [6.07, 6.45) is 0. The molecule has 0 aliphatic carbocycles. The van der Waals surface area contributed by atoms with E-state index >= 15 is 0 Å². The highest BCUT2D eigenvalue weighted by atomic mass is 19.3. The Labute approximate surface area is 134 Å². The SMILES string of the molecule is Cc1cccc(C(=O)N[C@@H](C)c2cccc(OC(F)F)c2)c1C. The molecule has 2 aromatic rings. The van der Waals surface area contributed by atoms with E-state index in [1.54, 1.807) is 25.1 Å². The van der Waals surface area contributed by atoms with Crippen molar-refractivity contribution < 1.29 is 18.3 Å². The molecule has 3 nitrogen and oxygen atoms in total. The smallest absolute Gasteiger partial charge is 0.387 e. The molecule has 0 heterocycles. The number of carbonyl (C=O) groups is 1. The maximum atomic E-state index is 12.4. The van der Waals surface area contributed by atoms with Gasteiger partial charge < -0.3 is 10.1 Å². The van der Waals surface area contributed by atoms with Crippen molar-refractivity contribution in [1.82, 2.24) is 5.32 Å². The Morgan fingerprint density at radius 3 is 2.52 bits per heavy atom. The van der Waals surface area contributed by atoms with Crippen LogP contribution < -0.4 is 10.1 Å². The molecule has 5 heteroatoms. The molecule has 0 aliphatic heterocycles. The van der Waals surface area contributed by atoms with Crippen molar-refractivity contribution in [3.8, 4) is 5.75 Å². The molecule has 0 aromatic heterocycles. The number of amides is 1. The first-order chi connectivity index (χ1) is 10.9. The summed E-state index contributed by atoms with van der Waals surface area (Å²) in [5.74, 6) is -0.121. The third-order valence-corrected chi connectivity index (χ3v) is 3.78. The Bertz CT molecular complexity index is 701. The predicted octanol–water partition coefficient (Wildman–Crippen LogP) is 4.40. The summed E-state index contributed by atoms with van der Waals surface area (Å²) in [5, 5.41) is 2.88. The molecule has 0 fully saturated rings. The van der Waals surface area contributed by atoms with Crippen molar-refractivity contribution in [2.45, 2.75) is 33.4 Å². The second-order valence-electron chi connectivity index (χ2n) is 5.39. The van der Waals surface area contributed by atoms with Gasteiger partial charge in [0.05, 0.1) is 6.04 Å². The van der Waals surface area contributed by atoms with Crippen molar-refractivity contribution in [2.24, 2.45) is 0 Å². The monoisotopic (exact) mass is 319 g/mol. The van der Waals surface area contributed by atoms with E-state index in [-0.39, 0.29) is 17.7 Å². The normalized spacial score (nSPS) is 12.1. The van der Waals surface area contributed by atoms with Crippen LogP contribution in [0.25, 0.3) is 0 Å². The fraction of sp³-hybridized carbons (Fsp3) is 0.278. The molecular weight excluding hydrogens is 300 g/mol. The van der Waals surface area contributed by atoms with Crippen molar-refractivity contribution in [1.29, 1.82) is 0 Å².